The number of nitrogens with two attached hydrogens (primary N) is 1. The predicted molar refractivity (Wildman–Crippen MR) is 110 cm³/mol. The molecular formula is C22H27N3O4. The number of rotatable bonds is 10. The van der Waals surface area contributed by atoms with Gasteiger partial charge in [-0.25, -0.2) is 4.79 Å². The molecule has 2 atom stereocenters. The van der Waals surface area contributed by atoms with Gasteiger partial charge in [0, 0.05) is 6.42 Å². The summed E-state index contributed by atoms with van der Waals surface area (Å²) >= 11 is 0. The normalized spacial score (nSPS) is 12.4. The van der Waals surface area contributed by atoms with Crippen molar-refractivity contribution in [1.82, 2.24) is 10.6 Å². The first kappa shape index (κ1) is 21.9. The molecule has 0 aromatic heterocycles. The Labute approximate surface area is 170 Å². The molecule has 2 aromatic rings. The van der Waals surface area contributed by atoms with Crippen LogP contribution in [-0.4, -0.2) is 30.0 Å². The van der Waals surface area contributed by atoms with E-state index in [0.29, 0.717) is 12.8 Å². The summed E-state index contributed by atoms with van der Waals surface area (Å²) in [5.41, 5.74) is 7.17. The summed E-state index contributed by atoms with van der Waals surface area (Å²) in [7, 11) is 0. The predicted octanol–water partition coefficient (Wildman–Crippen LogP) is 2.29. The van der Waals surface area contributed by atoms with Crippen LogP contribution in [0.25, 0.3) is 0 Å². The Morgan fingerprint density at radius 1 is 0.897 bits per heavy atom. The second kappa shape index (κ2) is 11.5. The molecule has 2 aromatic carbocycles. The van der Waals surface area contributed by atoms with Crippen molar-refractivity contribution in [2.24, 2.45) is 5.73 Å². The number of amides is 3. The van der Waals surface area contributed by atoms with Gasteiger partial charge in [0.25, 0.3) is 0 Å². The molecule has 3 amide bonds. The van der Waals surface area contributed by atoms with E-state index in [-0.39, 0.29) is 13.0 Å². The number of primary amides is 1. The van der Waals surface area contributed by atoms with Gasteiger partial charge < -0.3 is 21.1 Å². The molecule has 0 aliphatic rings. The van der Waals surface area contributed by atoms with E-state index in [2.05, 4.69) is 10.6 Å². The zero-order chi connectivity index (χ0) is 21.1. The van der Waals surface area contributed by atoms with E-state index in [4.69, 9.17) is 10.5 Å². The van der Waals surface area contributed by atoms with Crippen molar-refractivity contribution in [2.45, 2.75) is 44.9 Å². The smallest absolute Gasteiger partial charge is 0.408 e. The lowest BCUT2D eigenvalue weighted by molar-refractivity contribution is -0.128. The molecule has 0 saturated heterocycles. The van der Waals surface area contributed by atoms with E-state index in [0.717, 1.165) is 11.1 Å². The number of carbonyl (C=O) groups is 3. The van der Waals surface area contributed by atoms with Crippen molar-refractivity contribution in [3.63, 3.8) is 0 Å². The molecule has 0 heterocycles. The highest BCUT2D eigenvalue weighted by Gasteiger charge is 2.25. The summed E-state index contributed by atoms with van der Waals surface area (Å²) in [6.07, 6.45) is 0.653. The lowest BCUT2D eigenvalue weighted by Crippen LogP contribution is -2.53. The molecule has 0 aliphatic carbocycles. The highest BCUT2D eigenvalue weighted by atomic mass is 16.5. The van der Waals surface area contributed by atoms with Crippen molar-refractivity contribution in [2.75, 3.05) is 0 Å². The topological polar surface area (TPSA) is 111 Å². The fourth-order valence-corrected chi connectivity index (χ4v) is 2.81. The number of carbonyl (C=O) groups excluding carboxylic acids is 3. The fraction of sp³-hybridized carbons (Fsp3) is 0.318. The molecule has 0 saturated carbocycles. The van der Waals surface area contributed by atoms with Crippen molar-refractivity contribution >= 4 is 17.9 Å². The molecule has 7 nitrogen and oxygen atoms in total. The Morgan fingerprint density at radius 3 is 2.03 bits per heavy atom. The van der Waals surface area contributed by atoms with E-state index in [9.17, 15) is 14.4 Å². The average Bonchev–Trinajstić information content (AvgIpc) is 2.73. The lowest BCUT2D eigenvalue weighted by Gasteiger charge is -2.21. The van der Waals surface area contributed by atoms with Gasteiger partial charge >= 0.3 is 6.09 Å². The van der Waals surface area contributed by atoms with Gasteiger partial charge in [0.05, 0.1) is 0 Å². The first-order valence-electron chi connectivity index (χ1n) is 9.60. The minimum Gasteiger partial charge on any atom is -0.445 e. The zero-order valence-electron chi connectivity index (χ0n) is 16.5. The SMILES string of the molecule is CCCC(NC(=O)OCc1ccccc1)C(=O)NC(Cc1ccccc1)C(N)=O. The van der Waals surface area contributed by atoms with Gasteiger partial charge in [-0.05, 0) is 17.5 Å². The molecule has 0 bridgehead atoms. The van der Waals surface area contributed by atoms with Crippen LogP contribution in [0.4, 0.5) is 4.79 Å². The number of hydrogen-bond donors (Lipinski definition) is 3. The molecule has 0 radical (unpaired) electrons. The molecule has 4 N–H and O–H groups in total. The summed E-state index contributed by atoms with van der Waals surface area (Å²) in [5.74, 6) is -1.10. The molecular weight excluding hydrogens is 370 g/mol. The van der Waals surface area contributed by atoms with E-state index in [1.165, 1.54) is 0 Å². The van der Waals surface area contributed by atoms with Crippen molar-refractivity contribution < 1.29 is 19.1 Å². The Morgan fingerprint density at radius 2 is 1.48 bits per heavy atom. The van der Waals surface area contributed by atoms with Crippen LogP contribution in [0.2, 0.25) is 0 Å². The van der Waals surface area contributed by atoms with Gasteiger partial charge in [0.2, 0.25) is 11.8 Å². The summed E-state index contributed by atoms with van der Waals surface area (Å²) in [5, 5.41) is 5.22. The van der Waals surface area contributed by atoms with Crippen LogP contribution < -0.4 is 16.4 Å². The van der Waals surface area contributed by atoms with Gasteiger partial charge in [-0.2, -0.15) is 0 Å². The minimum absolute atomic E-state index is 0.102. The van der Waals surface area contributed by atoms with Crippen molar-refractivity contribution in [1.29, 1.82) is 0 Å². The Balaban J connectivity index is 1.93. The van der Waals surface area contributed by atoms with Crippen LogP contribution in [-0.2, 0) is 27.4 Å². The van der Waals surface area contributed by atoms with Crippen LogP contribution in [0.5, 0.6) is 0 Å². The van der Waals surface area contributed by atoms with Crippen LogP contribution in [0.3, 0.4) is 0 Å². The number of ether oxygens (including phenoxy) is 1. The minimum atomic E-state index is -0.869. The Bertz CT molecular complexity index is 796. The summed E-state index contributed by atoms with van der Waals surface area (Å²) in [6.45, 7) is 2.00. The number of benzene rings is 2. The summed E-state index contributed by atoms with van der Waals surface area (Å²) in [4.78, 5) is 36.6. The van der Waals surface area contributed by atoms with Gasteiger partial charge in [-0.3, -0.25) is 9.59 Å². The molecule has 154 valence electrons. The number of alkyl carbamates (subject to hydrolysis) is 1. The first-order chi connectivity index (χ1) is 14.0. The van der Waals surface area contributed by atoms with E-state index in [1.807, 2.05) is 67.6 Å². The highest BCUT2D eigenvalue weighted by Crippen LogP contribution is 2.06. The maximum absolute atomic E-state index is 12.7. The van der Waals surface area contributed by atoms with Crippen LogP contribution in [0, 0.1) is 0 Å². The van der Waals surface area contributed by atoms with Crippen LogP contribution >= 0.6 is 0 Å². The van der Waals surface area contributed by atoms with E-state index >= 15 is 0 Å². The second-order valence-corrected chi connectivity index (χ2v) is 6.70. The Hall–Kier alpha value is -3.35. The third kappa shape index (κ3) is 7.65. The summed E-state index contributed by atoms with van der Waals surface area (Å²) < 4.78 is 5.18. The number of hydrogen-bond acceptors (Lipinski definition) is 4. The number of nitrogens with one attached hydrogen (secondary N) is 2. The molecule has 2 rings (SSSR count). The van der Waals surface area contributed by atoms with Crippen molar-refractivity contribution in [3.05, 3.63) is 71.8 Å². The molecule has 2 unspecified atom stereocenters. The van der Waals surface area contributed by atoms with Gasteiger partial charge in [-0.1, -0.05) is 74.0 Å². The third-order valence-corrected chi connectivity index (χ3v) is 4.34. The quantitative estimate of drug-likeness (QED) is 0.571. The molecule has 0 spiro atoms. The van der Waals surface area contributed by atoms with E-state index < -0.39 is 30.0 Å². The standard InChI is InChI=1S/C22H27N3O4/c1-2-9-18(25-22(28)29-15-17-12-7-4-8-13-17)21(27)24-19(20(23)26)14-16-10-5-3-6-11-16/h3-8,10-13,18-19H,2,9,14-15H2,1H3,(H2,23,26)(H,24,27)(H,25,28). The lowest BCUT2D eigenvalue weighted by atomic mass is 10.0. The van der Waals surface area contributed by atoms with Crippen molar-refractivity contribution in [3.8, 4) is 0 Å². The van der Waals surface area contributed by atoms with Gasteiger partial charge in [0.15, 0.2) is 0 Å². The van der Waals surface area contributed by atoms with Gasteiger partial charge in [-0.15, -0.1) is 0 Å². The van der Waals surface area contributed by atoms with Crippen LogP contribution in [0.1, 0.15) is 30.9 Å². The molecule has 7 heteroatoms. The monoisotopic (exact) mass is 397 g/mol. The Kier molecular flexibility index (Phi) is 8.69. The maximum atomic E-state index is 12.7. The fourth-order valence-electron chi connectivity index (χ4n) is 2.81. The largest absolute Gasteiger partial charge is 0.445 e. The summed E-state index contributed by atoms with van der Waals surface area (Å²) in [6, 6.07) is 16.8. The zero-order valence-corrected chi connectivity index (χ0v) is 16.5. The highest BCUT2D eigenvalue weighted by molar-refractivity contribution is 5.90. The van der Waals surface area contributed by atoms with Crippen LogP contribution in [0.15, 0.2) is 60.7 Å². The maximum Gasteiger partial charge on any atom is 0.408 e. The molecule has 0 aliphatic heterocycles. The molecule has 29 heavy (non-hydrogen) atoms. The average molecular weight is 397 g/mol. The second-order valence-electron chi connectivity index (χ2n) is 6.70. The third-order valence-electron chi connectivity index (χ3n) is 4.34. The molecule has 0 fully saturated rings. The van der Waals surface area contributed by atoms with Gasteiger partial charge in [0.1, 0.15) is 18.7 Å². The van der Waals surface area contributed by atoms with E-state index in [1.54, 1.807) is 0 Å². The first-order valence-corrected chi connectivity index (χ1v) is 9.60.